The number of hydrogen-bond donors (Lipinski definition) is 1. The van der Waals surface area contributed by atoms with Crippen molar-refractivity contribution in [1.29, 1.82) is 0 Å². The van der Waals surface area contributed by atoms with E-state index < -0.39 is 63.6 Å². The SMILES string of the molecule is CC(=O)OCC1(C)C2C[C@H](OC(=O)C34CC5CC(CC(C5)C3)C4)[C@@]3(C)Oc4cc(-c5cccnc5)oc(=O)c4[C@H](O)C3[C@@]2(C)CC[C@@H]1OC(C)=O. The highest BCUT2D eigenvalue weighted by Crippen LogP contribution is 2.68. The van der Waals surface area contributed by atoms with Gasteiger partial charge in [-0.2, -0.15) is 0 Å². The molecule has 274 valence electrons. The van der Waals surface area contributed by atoms with Crippen LogP contribution in [0.25, 0.3) is 11.3 Å². The molecule has 11 heteroatoms. The molecule has 1 aliphatic heterocycles. The standard InChI is InChI=1S/C40H49NO10/c1-21(42)47-20-38(4)29-15-31(50-36(46)40-16-23-11-24(17-40)13-25(12-23)18-40)39(5)34(37(29,3)9-8-30(38)48-22(2)43)33(44)32-28(51-39)14-27(49-35(32)45)26-7-6-10-41-19-26/h6-7,10,14,19,23-25,29-31,33-34,44H,8-9,11-13,15-18,20H2,1-5H3/t23?,24?,25?,29?,30-,31-,33-,34?,37-,38?,39+,40?/m0/s1. The molecule has 51 heavy (non-hydrogen) atoms. The van der Waals surface area contributed by atoms with Crippen molar-refractivity contribution in [3.63, 3.8) is 0 Å². The van der Waals surface area contributed by atoms with E-state index in [0.717, 1.165) is 19.3 Å². The molecule has 0 saturated heterocycles. The fourth-order valence-electron chi connectivity index (χ4n) is 12.5. The molecule has 0 spiro atoms. The van der Waals surface area contributed by atoms with Crippen molar-refractivity contribution in [3.05, 3.63) is 46.6 Å². The Morgan fingerprint density at radius 3 is 2.25 bits per heavy atom. The first-order valence-electron chi connectivity index (χ1n) is 18.6. The van der Waals surface area contributed by atoms with Crippen molar-refractivity contribution < 1.29 is 42.9 Å². The third-order valence-electron chi connectivity index (χ3n) is 14.1. The third kappa shape index (κ3) is 5.34. The highest BCUT2D eigenvalue weighted by Gasteiger charge is 2.71. The fraction of sp³-hybridized carbons (Fsp3) is 0.675. The second-order valence-electron chi connectivity index (χ2n) is 17.4. The van der Waals surface area contributed by atoms with Crippen LogP contribution in [0.1, 0.15) is 104 Å². The Kier molecular flexibility index (Phi) is 8.02. The van der Waals surface area contributed by atoms with Crippen LogP contribution in [0.2, 0.25) is 0 Å². The van der Waals surface area contributed by atoms with Gasteiger partial charge in [0.25, 0.3) is 0 Å². The minimum Gasteiger partial charge on any atom is -0.482 e. The minimum atomic E-state index is -1.34. The van der Waals surface area contributed by atoms with Crippen LogP contribution < -0.4 is 10.4 Å². The van der Waals surface area contributed by atoms with Crippen LogP contribution in [0.3, 0.4) is 0 Å². The summed E-state index contributed by atoms with van der Waals surface area (Å²) in [5, 5.41) is 12.5. The van der Waals surface area contributed by atoms with Gasteiger partial charge in [0, 0.05) is 49.2 Å². The summed E-state index contributed by atoms with van der Waals surface area (Å²) in [5.41, 5.74) is -3.58. The quantitative estimate of drug-likeness (QED) is 0.281. The smallest absolute Gasteiger partial charge is 0.345 e. The normalized spacial score (nSPS) is 41.7. The number of nitrogens with zero attached hydrogens (tertiary/aromatic N) is 1. The van der Waals surface area contributed by atoms with Gasteiger partial charge in [0.2, 0.25) is 0 Å². The molecule has 0 amide bonds. The lowest BCUT2D eigenvalue weighted by Crippen LogP contribution is -2.71. The van der Waals surface area contributed by atoms with Crippen LogP contribution in [-0.2, 0) is 28.6 Å². The van der Waals surface area contributed by atoms with Crippen LogP contribution in [0.15, 0.2) is 39.8 Å². The molecule has 2 aromatic heterocycles. The summed E-state index contributed by atoms with van der Waals surface area (Å²) in [7, 11) is 0. The summed E-state index contributed by atoms with van der Waals surface area (Å²) in [4.78, 5) is 57.3. The first-order chi connectivity index (χ1) is 24.1. The monoisotopic (exact) mass is 703 g/mol. The molecule has 4 bridgehead atoms. The molecule has 3 heterocycles. The number of esters is 3. The number of fused-ring (bicyclic) bond motifs is 4. The van der Waals surface area contributed by atoms with Crippen LogP contribution in [0.5, 0.6) is 5.75 Å². The Morgan fingerprint density at radius 1 is 0.961 bits per heavy atom. The average Bonchev–Trinajstić information content (AvgIpc) is 3.05. The maximum Gasteiger partial charge on any atom is 0.345 e. The Bertz CT molecular complexity index is 1770. The zero-order valence-electron chi connectivity index (χ0n) is 30.1. The van der Waals surface area contributed by atoms with E-state index in [2.05, 4.69) is 11.9 Å². The summed E-state index contributed by atoms with van der Waals surface area (Å²) in [6.45, 7) is 8.58. The maximum atomic E-state index is 14.7. The van der Waals surface area contributed by atoms with Gasteiger partial charge < -0.3 is 28.5 Å². The van der Waals surface area contributed by atoms with Gasteiger partial charge in [-0.25, -0.2) is 4.79 Å². The summed E-state index contributed by atoms with van der Waals surface area (Å²) in [5.74, 6) is -0.221. The number of carbonyl (C=O) groups is 3. The fourth-order valence-corrected chi connectivity index (χ4v) is 12.5. The predicted molar refractivity (Wildman–Crippen MR) is 182 cm³/mol. The number of carbonyl (C=O) groups excluding carboxylic acids is 3. The molecule has 1 N–H and O–H groups in total. The maximum absolute atomic E-state index is 14.7. The van der Waals surface area contributed by atoms with Gasteiger partial charge in [-0.3, -0.25) is 19.4 Å². The van der Waals surface area contributed by atoms with Gasteiger partial charge in [-0.15, -0.1) is 0 Å². The van der Waals surface area contributed by atoms with Crippen molar-refractivity contribution in [1.82, 2.24) is 4.98 Å². The zero-order valence-corrected chi connectivity index (χ0v) is 30.1. The number of hydrogen-bond acceptors (Lipinski definition) is 11. The van der Waals surface area contributed by atoms with E-state index in [-0.39, 0.29) is 35.6 Å². The summed E-state index contributed by atoms with van der Waals surface area (Å²) in [6, 6.07) is 5.13. The highest BCUT2D eigenvalue weighted by molar-refractivity contribution is 5.78. The topological polar surface area (TPSA) is 151 Å². The molecule has 0 aromatic carbocycles. The van der Waals surface area contributed by atoms with E-state index in [1.165, 1.54) is 33.1 Å². The largest absolute Gasteiger partial charge is 0.482 e. The molecule has 7 aliphatic rings. The van der Waals surface area contributed by atoms with Gasteiger partial charge in [0.15, 0.2) is 0 Å². The lowest BCUT2D eigenvalue weighted by molar-refractivity contribution is -0.274. The molecule has 6 fully saturated rings. The van der Waals surface area contributed by atoms with Gasteiger partial charge >= 0.3 is 23.5 Å². The number of aliphatic hydroxyl groups excluding tert-OH is 1. The van der Waals surface area contributed by atoms with Gasteiger partial charge in [-0.05, 0) is 106 Å². The molecule has 0 radical (unpaired) electrons. The van der Waals surface area contributed by atoms with Gasteiger partial charge in [-0.1, -0.05) is 13.8 Å². The van der Waals surface area contributed by atoms with E-state index in [0.29, 0.717) is 42.6 Å². The van der Waals surface area contributed by atoms with E-state index in [1.54, 1.807) is 30.6 Å². The second kappa shape index (κ2) is 11.9. The van der Waals surface area contributed by atoms with E-state index in [9.17, 15) is 24.3 Å². The van der Waals surface area contributed by atoms with Crippen LogP contribution in [0, 0.1) is 45.8 Å². The second-order valence-corrected chi connectivity index (χ2v) is 17.4. The van der Waals surface area contributed by atoms with E-state index >= 15 is 0 Å². The van der Waals surface area contributed by atoms with Crippen LogP contribution in [-0.4, -0.2) is 52.4 Å². The number of aromatic nitrogens is 1. The molecular formula is C40H49NO10. The Morgan fingerprint density at radius 2 is 1.65 bits per heavy atom. The summed E-state index contributed by atoms with van der Waals surface area (Å²) < 4.78 is 31.1. The van der Waals surface area contributed by atoms with Crippen molar-refractivity contribution in [3.8, 4) is 17.1 Å². The van der Waals surface area contributed by atoms with Crippen molar-refractivity contribution >= 4 is 17.9 Å². The molecule has 6 saturated carbocycles. The minimum absolute atomic E-state index is 0.0157. The molecule has 6 aliphatic carbocycles. The zero-order chi connectivity index (χ0) is 36.1. The molecule has 2 aromatic rings. The van der Waals surface area contributed by atoms with E-state index in [1.807, 2.05) is 13.8 Å². The molecule has 9 rings (SSSR count). The first-order valence-corrected chi connectivity index (χ1v) is 18.6. The van der Waals surface area contributed by atoms with Crippen LogP contribution in [0.4, 0.5) is 0 Å². The molecule has 3 unspecified atom stereocenters. The number of ether oxygens (including phenoxy) is 4. The molecule has 8 atom stereocenters. The average molecular weight is 704 g/mol. The highest BCUT2D eigenvalue weighted by atomic mass is 16.6. The third-order valence-corrected chi connectivity index (χ3v) is 14.1. The molecule has 11 nitrogen and oxygen atoms in total. The lowest BCUT2D eigenvalue weighted by Gasteiger charge is -2.66. The summed E-state index contributed by atoms with van der Waals surface area (Å²) in [6.07, 6.45) is 7.70. The Labute approximate surface area is 297 Å². The molecular weight excluding hydrogens is 654 g/mol. The van der Waals surface area contributed by atoms with Gasteiger partial charge in [0.1, 0.15) is 41.5 Å². The number of rotatable bonds is 6. The number of pyridine rings is 1. The van der Waals surface area contributed by atoms with Crippen molar-refractivity contribution in [2.24, 2.45) is 45.8 Å². The Balaban J connectivity index is 1.24. The predicted octanol–water partition coefficient (Wildman–Crippen LogP) is 5.95. The van der Waals surface area contributed by atoms with Gasteiger partial charge in [0.05, 0.1) is 11.5 Å². The van der Waals surface area contributed by atoms with Crippen molar-refractivity contribution in [2.75, 3.05) is 6.61 Å². The van der Waals surface area contributed by atoms with Crippen LogP contribution >= 0.6 is 0 Å². The Hall–Kier alpha value is -3.73. The van der Waals surface area contributed by atoms with E-state index in [4.69, 9.17) is 23.4 Å². The van der Waals surface area contributed by atoms with Crippen molar-refractivity contribution in [2.45, 2.75) is 116 Å². The first kappa shape index (κ1) is 34.4. The lowest BCUT2D eigenvalue weighted by atomic mass is 9.42. The summed E-state index contributed by atoms with van der Waals surface area (Å²) >= 11 is 0. The number of aliphatic hydroxyl groups is 1.